The summed E-state index contributed by atoms with van der Waals surface area (Å²) in [6.45, 7) is -0.269. The summed E-state index contributed by atoms with van der Waals surface area (Å²) in [4.78, 5) is 24.9. The van der Waals surface area contributed by atoms with Crippen LogP contribution in [-0.4, -0.2) is 49.1 Å². The van der Waals surface area contributed by atoms with E-state index in [-0.39, 0.29) is 22.3 Å². The molecule has 0 aliphatic heterocycles. The van der Waals surface area contributed by atoms with Gasteiger partial charge < -0.3 is 10.6 Å². The Morgan fingerprint density at radius 1 is 1.25 bits per heavy atom. The third-order valence-corrected chi connectivity index (χ3v) is 3.75. The van der Waals surface area contributed by atoms with Crippen LogP contribution in [0, 0.1) is 0 Å². The van der Waals surface area contributed by atoms with Crippen molar-refractivity contribution in [2.75, 3.05) is 25.5 Å². The van der Waals surface area contributed by atoms with E-state index in [2.05, 4.69) is 5.32 Å². The minimum atomic E-state index is -4.49. The second kappa shape index (κ2) is 8.55. The number of carbonyl (C=O) groups is 2. The summed E-state index contributed by atoms with van der Waals surface area (Å²) in [5.41, 5.74) is 0.230. The molecule has 2 amide bonds. The molecule has 5 nitrogen and oxygen atoms in total. The number of hydrogen-bond donors (Lipinski definition) is 2. The molecule has 0 aromatic heterocycles. The minimum absolute atomic E-state index is 0.230. The molecule has 1 rings (SSSR count). The van der Waals surface area contributed by atoms with Crippen molar-refractivity contribution < 1.29 is 22.8 Å². The zero-order valence-corrected chi connectivity index (χ0v) is 14.4. The fourth-order valence-electron chi connectivity index (χ4n) is 1.69. The molecular formula is C14H16Cl2F3N3O2. The third kappa shape index (κ3) is 6.54. The molecule has 2 N–H and O–H groups in total. The molecule has 0 heterocycles. The Morgan fingerprint density at radius 2 is 1.79 bits per heavy atom. The Balaban J connectivity index is 2.58. The van der Waals surface area contributed by atoms with Crippen LogP contribution in [0.5, 0.6) is 0 Å². The number of alkyl halides is 3. The zero-order valence-electron chi connectivity index (χ0n) is 12.9. The third-order valence-electron chi connectivity index (χ3n) is 3.12. The van der Waals surface area contributed by atoms with Crippen molar-refractivity contribution in [3.8, 4) is 0 Å². The van der Waals surface area contributed by atoms with E-state index in [0.717, 1.165) is 0 Å². The maximum atomic E-state index is 12.1. The lowest BCUT2D eigenvalue weighted by Gasteiger charge is -2.23. The van der Waals surface area contributed by atoms with E-state index < -0.39 is 30.6 Å². The topological polar surface area (TPSA) is 61.4 Å². The molecule has 134 valence electrons. The lowest BCUT2D eigenvalue weighted by atomic mass is 10.2. The van der Waals surface area contributed by atoms with Crippen molar-refractivity contribution in [1.29, 1.82) is 0 Å². The molecule has 1 aromatic carbocycles. The number of rotatable bonds is 6. The van der Waals surface area contributed by atoms with Crippen LogP contribution in [0.25, 0.3) is 0 Å². The summed E-state index contributed by atoms with van der Waals surface area (Å²) in [5.74, 6) is -1.35. The summed E-state index contributed by atoms with van der Waals surface area (Å²) in [6.07, 6.45) is -4.49. The van der Waals surface area contributed by atoms with Gasteiger partial charge in [0.15, 0.2) is 0 Å². The average Bonchev–Trinajstić information content (AvgIpc) is 2.47. The van der Waals surface area contributed by atoms with Gasteiger partial charge in [-0.2, -0.15) is 13.2 Å². The first-order valence-corrected chi connectivity index (χ1v) is 7.55. The average molecular weight is 386 g/mol. The number of anilines is 1. The highest BCUT2D eigenvalue weighted by atomic mass is 35.5. The van der Waals surface area contributed by atoms with Crippen LogP contribution < -0.4 is 10.6 Å². The van der Waals surface area contributed by atoms with Gasteiger partial charge in [0.25, 0.3) is 0 Å². The smallest absolute Gasteiger partial charge is 0.346 e. The summed E-state index contributed by atoms with van der Waals surface area (Å²) < 4.78 is 36.3. The number of nitrogens with one attached hydrogen (secondary N) is 2. The number of hydrogen-bond acceptors (Lipinski definition) is 3. The van der Waals surface area contributed by atoms with Crippen molar-refractivity contribution >= 4 is 40.7 Å². The van der Waals surface area contributed by atoms with E-state index in [1.165, 1.54) is 18.9 Å². The molecule has 0 spiro atoms. The summed E-state index contributed by atoms with van der Waals surface area (Å²) in [6, 6.07) is 3.76. The van der Waals surface area contributed by atoms with Crippen molar-refractivity contribution in [3.63, 3.8) is 0 Å². The first-order valence-electron chi connectivity index (χ1n) is 6.80. The highest BCUT2D eigenvalue weighted by Crippen LogP contribution is 2.29. The lowest BCUT2D eigenvalue weighted by molar-refractivity contribution is -0.141. The summed E-state index contributed by atoms with van der Waals surface area (Å²) >= 11 is 11.8. The van der Waals surface area contributed by atoms with Crippen LogP contribution in [0.2, 0.25) is 10.0 Å². The Hall–Kier alpha value is -1.51. The van der Waals surface area contributed by atoms with Crippen molar-refractivity contribution in [1.82, 2.24) is 10.2 Å². The van der Waals surface area contributed by atoms with Crippen LogP contribution in [0.4, 0.5) is 18.9 Å². The fraction of sp³-hybridized carbons (Fsp3) is 0.429. The molecule has 0 saturated heterocycles. The predicted octanol–water partition coefficient (Wildman–Crippen LogP) is 2.93. The number of halogens is 5. The highest BCUT2D eigenvalue weighted by molar-refractivity contribution is 6.39. The van der Waals surface area contributed by atoms with Gasteiger partial charge in [0.2, 0.25) is 11.8 Å². The maximum absolute atomic E-state index is 12.1. The molecule has 1 aromatic rings. The molecule has 1 atom stereocenters. The van der Waals surface area contributed by atoms with Gasteiger partial charge in [-0.05, 0) is 26.1 Å². The van der Waals surface area contributed by atoms with Gasteiger partial charge in [-0.3, -0.25) is 14.5 Å². The lowest BCUT2D eigenvalue weighted by Crippen LogP contribution is -2.47. The molecule has 0 saturated carbocycles. The SMILES string of the molecule is CC(C(=O)NCC(F)(F)F)N(C)CC(=O)Nc1c(Cl)cccc1Cl. The number of nitrogens with zero attached hydrogens (tertiary/aromatic N) is 1. The number of likely N-dealkylation sites (N-methyl/N-ethyl adjacent to an activating group) is 1. The zero-order chi connectivity index (χ0) is 18.5. The van der Waals surface area contributed by atoms with Gasteiger partial charge in [0.1, 0.15) is 6.54 Å². The molecule has 0 aliphatic rings. The Bertz CT molecular complexity index is 591. The van der Waals surface area contributed by atoms with Crippen LogP contribution >= 0.6 is 23.2 Å². The van der Waals surface area contributed by atoms with E-state index in [1.54, 1.807) is 23.5 Å². The van der Waals surface area contributed by atoms with Crippen molar-refractivity contribution in [2.45, 2.75) is 19.1 Å². The van der Waals surface area contributed by atoms with Gasteiger partial charge in [0.05, 0.1) is 28.3 Å². The fourth-order valence-corrected chi connectivity index (χ4v) is 2.19. The molecule has 10 heteroatoms. The monoisotopic (exact) mass is 385 g/mol. The van der Waals surface area contributed by atoms with Gasteiger partial charge >= 0.3 is 6.18 Å². The molecule has 0 bridgehead atoms. The van der Waals surface area contributed by atoms with E-state index in [0.29, 0.717) is 0 Å². The van der Waals surface area contributed by atoms with Crippen LogP contribution in [0.1, 0.15) is 6.92 Å². The Morgan fingerprint density at radius 3 is 2.29 bits per heavy atom. The second-order valence-corrected chi connectivity index (χ2v) is 5.88. The number of amides is 2. The molecule has 24 heavy (non-hydrogen) atoms. The molecule has 0 radical (unpaired) electrons. The van der Waals surface area contributed by atoms with Crippen molar-refractivity contribution in [3.05, 3.63) is 28.2 Å². The number of carbonyl (C=O) groups excluding carboxylic acids is 2. The van der Waals surface area contributed by atoms with Gasteiger partial charge in [-0.15, -0.1) is 0 Å². The highest BCUT2D eigenvalue weighted by Gasteiger charge is 2.29. The van der Waals surface area contributed by atoms with E-state index in [1.807, 2.05) is 0 Å². The number of benzene rings is 1. The Labute approximate surface area is 147 Å². The largest absolute Gasteiger partial charge is 0.405 e. The number of para-hydroxylation sites is 1. The maximum Gasteiger partial charge on any atom is 0.405 e. The summed E-state index contributed by atoms with van der Waals surface area (Å²) in [5, 5.41) is 4.76. The molecule has 1 unspecified atom stereocenters. The predicted molar refractivity (Wildman–Crippen MR) is 86.2 cm³/mol. The molecule has 0 aliphatic carbocycles. The van der Waals surface area contributed by atoms with Gasteiger partial charge in [0, 0.05) is 0 Å². The molecular weight excluding hydrogens is 370 g/mol. The summed E-state index contributed by atoms with van der Waals surface area (Å²) in [7, 11) is 1.44. The van der Waals surface area contributed by atoms with Gasteiger partial charge in [-0.1, -0.05) is 29.3 Å². The normalized spacial score (nSPS) is 12.8. The quantitative estimate of drug-likeness (QED) is 0.791. The standard InChI is InChI=1S/C14H16Cl2F3N3O2/c1-8(13(24)20-7-14(17,18)19)22(2)6-11(23)21-12-9(15)4-3-5-10(12)16/h3-5,8H,6-7H2,1-2H3,(H,20,24)(H,21,23). The van der Waals surface area contributed by atoms with Crippen LogP contribution in [0.15, 0.2) is 18.2 Å². The second-order valence-electron chi connectivity index (χ2n) is 5.07. The first-order chi connectivity index (χ1) is 11.0. The Kier molecular flexibility index (Phi) is 7.31. The first kappa shape index (κ1) is 20.5. The van der Waals surface area contributed by atoms with Crippen molar-refractivity contribution in [2.24, 2.45) is 0 Å². The van der Waals surface area contributed by atoms with E-state index in [4.69, 9.17) is 23.2 Å². The molecule has 0 fully saturated rings. The van der Waals surface area contributed by atoms with E-state index in [9.17, 15) is 22.8 Å². The van der Waals surface area contributed by atoms with Crippen LogP contribution in [-0.2, 0) is 9.59 Å². The van der Waals surface area contributed by atoms with Crippen LogP contribution in [0.3, 0.4) is 0 Å². The van der Waals surface area contributed by atoms with Gasteiger partial charge in [-0.25, -0.2) is 0 Å². The van der Waals surface area contributed by atoms with E-state index >= 15 is 0 Å². The minimum Gasteiger partial charge on any atom is -0.346 e.